The summed E-state index contributed by atoms with van der Waals surface area (Å²) in [5.41, 5.74) is 4.26. The first-order valence-electron chi connectivity index (χ1n) is 9.47. The van der Waals surface area contributed by atoms with Gasteiger partial charge in [-0.3, -0.25) is 9.79 Å². The first kappa shape index (κ1) is 18.9. The van der Waals surface area contributed by atoms with Gasteiger partial charge in [-0.25, -0.2) is 0 Å². The monoisotopic (exact) mass is 369 g/mol. The molecule has 0 atom stereocenters. The third-order valence-corrected chi connectivity index (χ3v) is 4.86. The maximum Gasteiger partial charge on any atom is 0.246 e. The van der Waals surface area contributed by atoms with Crippen LogP contribution in [0.2, 0.25) is 0 Å². The largest absolute Gasteiger partial charge is 0.361 e. The van der Waals surface area contributed by atoms with Gasteiger partial charge in [0, 0.05) is 37.8 Å². The van der Waals surface area contributed by atoms with Gasteiger partial charge in [0.1, 0.15) is 5.76 Å². The number of amides is 1. The Labute approximate surface area is 159 Å². The van der Waals surface area contributed by atoms with Crippen molar-refractivity contribution < 1.29 is 9.32 Å². The number of fused-ring (bicyclic) bond motifs is 1. The van der Waals surface area contributed by atoms with Gasteiger partial charge in [-0.05, 0) is 24.5 Å². The number of aryl methyl sites for hydroxylation is 2. The number of nitrogens with zero attached hydrogens (tertiary/aromatic N) is 3. The van der Waals surface area contributed by atoms with Crippen LogP contribution in [0, 0.1) is 0 Å². The van der Waals surface area contributed by atoms with Crippen LogP contribution in [0.4, 0.5) is 5.69 Å². The quantitative estimate of drug-likeness (QED) is 0.602. The molecule has 1 aliphatic rings. The van der Waals surface area contributed by atoms with E-state index in [1.807, 2.05) is 30.0 Å². The Morgan fingerprint density at radius 2 is 2.07 bits per heavy atom. The van der Waals surface area contributed by atoms with Gasteiger partial charge in [-0.2, -0.15) is 0 Å². The van der Waals surface area contributed by atoms with E-state index in [4.69, 9.17) is 4.52 Å². The van der Waals surface area contributed by atoms with Crippen LogP contribution in [0.1, 0.15) is 36.4 Å². The average molecular weight is 369 g/mol. The standard InChI is InChI=1S/C20H27N5O2/c1-4-16-15(18(5-2)27-24-16)12-22-20(21-3)23-13-19(26)25-11-10-14-8-6-7-9-17(14)25/h6-9H,4-5,10-13H2,1-3H3,(H2,21,22,23). The molecular weight excluding hydrogens is 342 g/mol. The smallest absolute Gasteiger partial charge is 0.246 e. The highest BCUT2D eigenvalue weighted by Gasteiger charge is 2.24. The molecule has 144 valence electrons. The molecule has 2 N–H and O–H groups in total. The highest BCUT2D eigenvalue weighted by Crippen LogP contribution is 2.27. The van der Waals surface area contributed by atoms with Gasteiger partial charge in [0.05, 0.1) is 12.2 Å². The third-order valence-electron chi connectivity index (χ3n) is 4.86. The van der Waals surface area contributed by atoms with Gasteiger partial charge in [0.25, 0.3) is 0 Å². The molecule has 2 heterocycles. The SMILES string of the molecule is CCc1noc(CC)c1CNC(=NC)NCC(=O)N1CCc2ccccc21. The predicted octanol–water partition coefficient (Wildman–Crippen LogP) is 2.05. The van der Waals surface area contributed by atoms with E-state index < -0.39 is 0 Å². The van der Waals surface area contributed by atoms with Crippen LogP contribution < -0.4 is 15.5 Å². The molecule has 0 aliphatic carbocycles. The second kappa shape index (κ2) is 8.70. The zero-order valence-electron chi connectivity index (χ0n) is 16.2. The summed E-state index contributed by atoms with van der Waals surface area (Å²) in [4.78, 5) is 18.7. The summed E-state index contributed by atoms with van der Waals surface area (Å²) in [7, 11) is 1.69. The van der Waals surface area contributed by atoms with Gasteiger partial charge in [-0.1, -0.05) is 37.2 Å². The number of nitrogens with one attached hydrogen (secondary N) is 2. The molecule has 0 radical (unpaired) electrons. The summed E-state index contributed by atoms with van der Waals surface area (Å²) in [6, 6.07) is 8.05. The molecule has 2 aromatic rings. The molecule has 1 aromatic heterocycles. The number of carbonyl (C=O) groups excluding carboxylic acids is 1. The summed E-state index contributed by atoms with van der Waals surface area (Å²) >= 11 is 0. The average Bonchev–Trinajstić information content (AvgIpc) is 3.31. The van der Waals surface area contributed by atoms with Gasteiger partial charge in [0.2, 0.25) is 5.91 Å². The number of carbonyl (C=O) groups is 1. The maximum atomic E-state index is 12.6. The molecule has 7 heteroatoms. The summed E-state index contributed by atoms with van der Waals surface area (Å²) in [5.74, 6) is 1.51. The molecule has 0 unspecified atom stereocenters. The maximum absolute atomic E-state index is 12.6. The molecule has 0 fully saturated rings. The second-order valence-electron chi connectivity index (χ2n) is 6.44. The number of rotatable bonds is 6. The zero-order valence-corrected chi connectivity index (χ0v) is 16.2. The molecule has 3 rings (SSSR count). The Bertz CT molecular complexity index is 806. The highest BCUT2D eigenvalue weighted by molar-refractivity contribution is 5.98. The lowest BCUT2D eigenvalue weighted by Crippen LogP contribution is -2.44. The number of hydrogen-bond donors (Lipinski definition) is 2. The Hall–Kier alpha value is -2.83. The molecule has 0 bridgehead atoms. The summed E-state index contributed by atoms with van der Waals surface area (Å²) in [5, 5.41) is 10.5. The van der Waals surface area contributed by atoms with Crippen molar-refractivity contribution in [1.82, 2.24) is 15.8 Å². The molecule has 0 spiro atoms. The van der Waals surface area contributed by atoms with Gasteiger partial charge in [-0.15, -0.1) is 0 Å². The molecule has 1 amide bonds. The minimum Gasteiger partial charge on any atom is -0.361 e. The van der Waals surface area contributed by atoms with Crippen molar-refractivity contribution in [3.05, 3.63) is 46.8 Å². The zero-order chi connectivity index (χ0) is 19.2. The van der Waals surface area contributed by atoms with Crippen LogP contribution in [0.25, 0.3) is 0 Å². The molecule has 27 heavy (non-hydrogen) atoms. The third kappa shape index (κ3) is 4.13. The number of guanidine groups is 1. The number of hydrogen-bond acceptors (Lipinski definition) is 4. The summed E-state index contributed by atoms with van der Waals surface area (Å²) in [6.45, 7) is 5.59. The predicted molar refractivity (Wildman–Crippen MR) is 106 cm³/mol. The first-order valence-corrected chi connectivity index (χ1v) is 9.47. The Kier molecular flexibility index (Phi) is 6.11. The van der Waals surface area contributed by atoms with Crippen molar-refractivity contribution in [1.29, 1.82) is 0 Å². The van der Waals surface area contributed by atoms with Crippen LogP contribution in [0.5, 0.6) is 0 Å². The van der Waals surface area contributed by atoms with E-state index in [9.17, 15) is 4.79 Å². The first-order chi connectivity index (χ1) is 13.2. The van der Waals surface area contributed by atoms with E-state index in [1.54, 1.807) is 7.05 Å². The van der Waals surface area contributed by atoms with E-state index in [0.29, 0.717) is 12.5 Å². The minimum atomic E-state index is 0.0383. The Balaban J connectivity index is 1.56. The van der Waals surface area contributed by atoms with Crippen LogP contribution >= 0.6 is 0 Å². The van der Waals surface area contributed by atoms with Crippen LogP contribution in [0.15, 0.2) is 33.8 Å². The fraction of sp³-hybridized carbons (Fsp3) is 0.450. The number of aliphatic imine (C=N–C) groups is 1. The van der Waals surface area contributed by atoms with Crippen molar-refractivity contribution in [3.63, 3.8) is 0 Å². The lowest BCUT2D eigenvalue weighted by molar-refractivity contribution is -0.117. The second-order valence-corrected chi connectivity index (χ2v) is 6.44. The van der Waals surface area contributed by atoms with Gasteiger partial charge >= 0.3 is 0 Å². The number of aromatic nitrogens is 1. The lowest BCUT2D eigenvalue weighted by atomic mass is 10.1. The molecule has 1 aromatic carbocycles. The fourth-order valence-electron chi connectivity index (χ4n) is 3.38. The summed E-state index contributed by atoms with van der Waals surface area (Å²) in [6.07, 6.45) is 2.52. The summed E-state index contributed by atoms with van der Waals surface area (Å²) < 4.78 is 5.39. The fourth-order valence-corrected chi connectivity index (χ4v) is 3.38. The van der Waals surface area contributed by atoms with Gasteiger partial charge in [0.15, 0.2) is 5.96 Å². The molecule has 0 saturated heterocycles. The highest BCUT2D eigenvalue weighted by atomic mass is 16.5. The minimum absolute atomic E-state index is 0.0383. The molecular formula is C20H27N5O2. The van der Waals surface area contributed by atoms with Crippen LogP contribution in [-0.4, -0.2) is 37.2 Å². The number of para-hydroxylation sites is 1. The molecule has 7 nitrogen and oxygen atoms in total. The van der Waals surface area contributed by atoms with E-state index in [-0.39, 0.29) is 12.5 Å². The van der Waals surface area contributed by atoms with E-state index >= 15 is 0 Å². The Morgan fingerprint density at radius 3 is 2.81 bits per heavy atom. The molecule has 0 saturated carbocycles. The van der Waals surface area contributed by atoms with Crippen LogP contribution in [0.3, 0.4) is 0 Å². The number of anilines is 1. The van der Waals surface area contributed by atoms with Crippen molar-refractivity contribution >= 4 is 17.6 Å². The van der Waals surface area contributed by atoms with Crippen molar-refractivity contribution in [3.8, 4) is 0 Å². The van der Waals surface area contributed by atoms with E-state index in [1.165, 1.54) is 5.56 Å². The van der Waals surface area contributed by atoms with Crippen molar-refractivity contribution in [2.75, 3.05) is 25.0 Å². The van der Waals surface area contributed by atoms with Crippen molar-refractivity contribution in [2.45, 2.75) is 39.7 Å². The topological polar surface area (TPSA) is 82.8 Å². The Morgan fingerprint density at radius 1 is 1.26 bits per heavy atom. The van der Waals surface area contributed by atoms with E-state index in [2.05, 4.69) is 33.8 Å². The molecule has 1 aliphatic heterocycles. The van der Waals surface area contributed by atoms with Crippen LogP contribution in [-0.2, 0) is 30.6 Å². The lowest BCUT2D eigenvalue weighted by Gasteiger charge is -2.19. The van der Waals surface area contributed by atoms with Crippen molar-refractivity contribution in [2.24, 2.45) is 4.99 Å². The number of benzene rings is 1. The van der Waals surface area contributed by atoms with E-state index in [0.717, 1.165) is 48.5 Å². The normalized spacial score (nSPS) is 13.6. The van der Waals surface area contributed by atoms with Gasteiger partial charge < -0.3 is 20.1 Å².